The summed E-state index contributed by atoms with van der Waals surface area (Å²) >= 11 is 6.24. The highest BCUT2D eigenvalue weighted by Gasteiger charge is 2.13. The number of hydrogen-bond donors (Lipinski definition) is 1. The van der Waals surface area contributed by atoms with Crippen molar-refractivity contribution in [1.29, 1.82) is 0 Å². The van der Waals surface area contributed by atoms with Crippen molar-refractivity contribution in [2.45, 2.75) is 13.3 Å². The molecule has 100 valence electrons. The molecule has 0 saturated carbocycles. The number of pyridine rings is 1. The Morgan fingerprint density at radius 3 is 2.70 bits per heavy atom. The van der Waals surface area contributed by atoms with Gasteiger partial charge in [0.05, 0.1) is 10.7 Å². The van der Waals surface area contributed by atoms with E-state index in [2.05, 4.69) is 16.9 Å². The average molecular weight is 284 g/mol. The molecule has 0 fully saturated rings. The van der Waals surface area contributed by atoms with Crippen LogP contribution in [0.15, 0.2) is 48.8 Å². The number of halogens is 1. The standard InChI is InChI=1S/C16H14ClN3/c1-2-14-15(11-6-5-9-18-10-11)20-16(19-14)12-7-3-4-8-13(12)17/h3-10H,2H2,1H3,(H,19,20). The minimum absolute atomic E-state index is 0.696. The van der Waals surface area contributed by atoms with E-state index in [-0.39, 0.29) is 0 Å². The van der Waals surface area contributed by atoms with E-state index in [4.69, 9.17) is 16.6 Å². The fraction of sp³-hybridized carbons (Fsp3) is 0.125. The zero-order chi connectivity index (χ0) is 13.9. The summed E-state index contributed by atoms with van der Waals surface area (Å²) in [6, 6.07) is 11.6. The van der Waals surface area contributed by atoms with Gasteiger partial charge in [0.15, 0.2) is 0 Å². The molecule has 0 radical (unpaired) electrons. The van der Waals surface area contributed by atoms with Crippen molar-refractivity contribution in [2.24, 2.45) is 0 Å². The first kappa shape index (κ1) is 12.9. The van der Waals surface area contributed by atoms with Gasteiger partial charge in [-0.15, -0.1) is 0 Å². The fourth-order valence-corrected chi connectivity index (χ4v) is 2.41. The van der Waals surface area contributed by atoms with Crippen LogP contribution < -0.4 is 0 Å². The monoisotopic (exact) mass is 283 g/mol. The van der Waals surface area contributed by atoms with Crippen molar-refractivity contribution >= 4 is 11.6 Å². The summed E-state index contributed by atoms with van der Waals surface area (Å²) in [5.41, 5.74) is 3.96. The van der Waals surface area contributed by atoms with Crippen LogP contribution in [0.5, 0.6) is 0 Å². The maximum atomic E-state index is 6.24. The van der Waals surface area contributed by atoms with E-state index in [0.717, 1.165) is 34.8 Å². The molecule has 1 aromatic carbocycles. The summed E-state index contributed by atoms with van der Waals surface area (Å²) in [5.74, 6) is 0.798. The lowest BCUT2D eigenvalue weighted by atomic mass is 10.1. The SMILES string of the molecule is CCc1[nH]c(-c2ccccc2Cl)nc1-c1cccnc1. The first-order valence-electron chi connectivity index (χ1n) is 6.53. The molecule has 3 nitrogen and oxygen atoms in total. The predicted octanol–water partition coefficient (Wildman–Crippen LogP) is 4.35. The van der Waals surface area contributed by atoms with Gasteiger partial charge in [-0.2, -0.15) is 0 Å². The van der Waals surface area contributed by atoms with E-state index in [1.54, 1.807) is 6.20 Å². The molecule has 0 bridgehead atoms. The first-order chi connectivity index (χ1) is 9.79. The van der Waals surface area contributed by atoms with Crippen LogP contribution in [0.1, 0.15) is 12.6 Å². The summed E-state index contributed by atoms with van der Waals surface area (Å²) in [7, 11) is 0. The smallest absolute Gasteiger partial charge is 0.139 e. The highest BCUT2D eigenvalue weighted by Crippen LogP contribution is 2.29. The largest absolute Gasteiger partial charge is 0.341 e. The highest BCUT2D eigenvalue weighted by atomic mass is 35.5. The van der Waals surface area contributed by atoms with Gasteiger partial charge < -0.3 is 4.98 Å². The number of rotatable bonds is 3. The molecule has 0 amide bonds. The summed E-state index contributed by atoms with van der Waals surface area (Å²) in [5, 5.41) is 0.696. The number of nitrogens with one attached hydrogen (secondary N) is 1. The number of aryl methyl sites for hydroxylation is 1. The van der Waals surface area contributed by atoms with E-state index >= 15 is 0 Å². The zero-order valence-corrected chi connectivity index (χ0v) is 11.9. The van der Waals surface area contributed by atoms with Crippen LogP contribution in [0, 0.1) is 0 Å². The van der Waals surface area contributed by atoms with Gasteiger partial charge >= 0.3 is 0 Å². The Kier molecular flexibility index (Phi) is 3.52. The fourth-order valence-electron chi connectivity index (χ4n) is 2.19. The molecule has 4 heteroatoms. The van der Waals surface area contributed by atoms with Crippen molar-refractivity contribution in [3.63, 3.8) is 0 Å². The molecule has 2 heterocycles. The third-order valence-corrected chi connectivity index (χ3v) is 3.53. The second kappa shape index (κ2) is 5.47. The number of H-pyrrole nitrogens is 1. The van der Waals surface area contributed by atoms with E-state index < -0.39 is 0 Å². The van der Waals surface area contributed by atoms with Crippen molar-refractivity contribution in [2.75, 3.05) is 0 Å². The van der Waals surface area contributed by atoms with Crippen molar-refractivity contribution in [3.05, 3.63) is 59.5 Å². The molecule has 3 aromatic rings. The summed E-state index contributed by atoms with van der Waals surface area (Å²) in [6.07, 6.45) is 4.46. The minimum Gasteiger partial charge on any atom is -0.341 e. The van der Waals surface area contributed by atoms with Crippen LogP contribution in [0.2, 0.25) is 5.02 Å². The van der Waals surface area contributed by atoms with Gasteiger partial charge in [0.1, 0.15) is 5.82 Å². The topological polar surface area (TPSA) is 41.6 Å². The molecule has 2 aromatic heterocycles. The first-order valence-corrected chi connectivity index (χ1v) is 6.91. The quantitative estimate of drug-likeness (QED) is 0.776. The van der Waals surface area contributed by atoms with Crippen molar-refractivity contribution < 1.29 is 0 Å². The Labute approximate surface area is 122 Å². The Hall–Kier alpha value is -2.13. The lowest BCUT2D eigenvalue weighted by Gasteiger charge is -1.99. The van der Waals surface area contributed by atoms with E-state index in [9.17, 15) is 0 Å². The maximum absolute atomic E-state index is 6.24. The van der Waals surface area contributed by atoms with Crippen LogP contribution in [0.3, 0.4) is 0 Å². The number of hydrogen-bond acceptors (Lipinski definition) is 2. The van der Waals surface area contributed by atoms with E-state index in [1.807, 2.05) is 42.6 Å². The van der Waals surface area contributed by atoms with Crippen LogP contribution in [-0.4, -0.2) is 15.0 Å². The van der Waals surface area contributed by atoms with Crippen LogP contribution in [-0.2, 0) is 6.42 Å². The summed E-state index contributed by atoms with van der Waals surface area (Å²) in [6.45, 7) is 2.10. The number of nitrogens with zero attached hydrogens (tertiary/aromatic N) is 2. The van der Waals surface area contributed by atoms with Crippen molar-refractivity contribution in [1.82, 2.24) is 15.0 Å². The highest BCUT2D eigenvalue weighted by molar-refractivity contribution is 6.33. The Morgan fingerprint density at radius 1 is 1.15 bits per heavy atom. The second-order valence-electron chi connectivity index (χ2n) is 4.49. The number of benzene rings is 1. The second-order valence-corrected chi connectivity index (χ2v) is 4.89. The van der Waals surface area contributed by atoms with Gasteiger partial charge in [0, 0.05) is 29.2 Å². The maximum Gasteiger partial charge on any atom is 0.139 e. The van der Waals surface area contributed by atoms with Gasteiger partial charge in [-0.25, -0.2) is 4.98 Å². The van der Waals surface area contributed by atoms with Gasteiger partial charge in [0.25, 0.3) is 0 Å². The number of imidazole rings is 1. The van der Waals surface area contributed by atoms with E-state index in [1.165, 1.54) is 0 Å². The predicted molar refractivity (Wildman–Crippen MR) is 81.6 cm³/mol. The molecule has 20 heavy (non-hydrogen) atoms. The Bertz CT molecular complexity index is 720. The molecule has 0 aliphatic carbocycles. The molecule has 0 aliphatic heterocycles. The van der Waals surface area contributed by atoms with Crippen LogP contribution >= 0.6 is 11.6 Å². The third-order valence-electron chi connectivity index (χ3n) is 3.20. The lowest BCUT2D eigenvalue weighted by molar-refractivity contribution is 1.07. The van der Waals surface area contributed by atoms with Gasteiger partial charge in [0.2, 0.25) is 0 Å². The molecule has 0 atom stereocenters. The normalized spacial score (nSPS) is 10.7. The van der Waals surface area contributed by atoms with Crippen molar-refractivity contribution in [3.8, 4) is 22.6 Å². The molecular weight excluding hydrogens is 270 g/mol. The van der Waals surface area contributed by atoms with Gasteiger partial charge in [-0.05, 0) is 30.7 Å². The molecule has 0 spiro atoms. The van der Waals surface area contributed by atoms with Crippen LogP contribution in [0.4, 0.5) is 0 Å². The summed E-state index contributed by atoms with van der Waals surface area (Å²) in [4.78, 5) is 12.2. The molecule has 0 unspecified atom stereocenters. The Balaban J connectivity index is 2.13. The van der Waals surface area contributed by atoms with Gasteiger partial charge in [-0.3, -0.25) is 4.98 Å². The molecule has 0 saturated heterocycles. The zero-order valence-electron chi connectivity index (χ0n) is 11.1. The van der Waals surface area contributed by atoms with E-state index in [0.29, 0.717) is 5.02 Å². The van der Waals surface area contributed by atoms with Gasteiger partial charge in [-0.1, -0.05) is 30.7 Å². The van der Waals surface area contributed by atoms with Crippen LogP contribution in [0.25, 0.3) is 22.6 Å². The lowest BCUT2D eigenvalue weighted by Crippen LogP contribution is -1.86. The average Bonchev–Trinajstić information content (AvgIpc) is 2.92. The third kappa shape index (κ3) is 2.32. The number of aromatic nitrogens is 3. The molecule has 1 N–H and O–H groups in total. The molecule has 0 aliphatic rings. The molecule has 3 rings (SSSR count). The minimum atomic E-state index is 0.696. The summed E-state index contributed by atoms with van der Waals surface area (Å²) < 4.78 is 0. The Morgan fingerprint density at radius 2 is 2.00 bits per heavy atom. The number of aromatic amines is 1. The molecular formula is C16H14ClN3.